The average molecular weight is 581 g/mol. The molecule has 5 aliphatic heterocycles. The first-order valence-corrected chi connectivity index (χ1v) is 14.1. The molecule has 3 N–H and O–H groups in total. The van der Waals surface area contributed by atoms with Crippen molar-refractivity contribution in [1.29, 1.82) is 0 Å². The van der Waals surface area contributed by atoms with E-state index in [-0.39, 0.29) is 42.3 Å². The van der Waals surface area contributed by atoms with Crippen LogP contribution in [0, 0.1) is 18.2 Å². The van der Waals surface area contributed by atoms with E-state index < -0.39 is 40.9 Å². The molecule has 5 aliphatic rings. The maximum absolute atomic E-state index is 15.3. The van der Waals surface area contributed by atoms with E-state index in [1.807, 2.05) is 0 Å². The van der Waals surface area contributed by atoms with Crippen LogP contribution >= 0.6 is 0 Å². The summed E-state index contributed by atoms with van der Waals surface area (Å²) in [6, 6.07) is 1.09. The second kappa shape index (κ2) is 9.37. The van der Waals surface area contributed by atoms with Crippen molar-refractivity contribution in [2.24, 2.45) is 5.41 Å². The van der Waals surface area contributed by atoms with Gasteiger partial charge in [-0.05, 0) is 37.9 Å². The quantitative estimate of drug-likeness (QED) is 0.409. The molecule has 13 heteroatoms. The van der Waals surface area contributed by atoms with Crippen LogP contribution in [0.4, 0.5) is 33.5 Å². The molecule has 8 nitrogen and oxygen atoms in total. The van der Waals surface area contributed by atoms with E-state index in [1.165, 1.54) is 6.92 Å². The first-order chi connectivity index (χ1) is 19.5. The van der Waals surface area contributed by atoms with Gasteiger partial charge in [-0.15, -0.1) is 0 Å². The number of rotatable bonds is 5. The van der Waals surface area contributed by atoms with Crippen molar-refractivity contribution >= 4 is 11.5 Å². The third-order valence-corrected chi connectivity index (χ3v) is 9.57. The van der Waals surface area contributed by atoms with E-state index in [9.17, 15) is 17.6 Å². The number of alkyl halides is 4. The van der Waals surface area contributed by atoms with Crippen molar-refractivity contribution in [2.45, 2.75) is 63.2 Å². The molecule has 0 radical (unpaired) electrons. The van der Waals surface area contributed by atoms with Gasteiger partial charge in [0, 0.05) is 62.1 Å². The highest BCUT2D eigenvalue weighted by molar-refractivity contribution is 5.56. The summed E-state index contributed by atoms with van der Waals surface area (Å²) in [4.78, 5) is 13.6. The van der Waals surface area contributed by atoms with Gasteiger partial charge < -0.3 is 25.4 Å². The van der Waals surface area contributed by atoms with Gasteiger partial charge in [-0.3, -0.25) is 4.90 Å². The Bertz CT molecular complexity index is 1380. The van der Waals surface area contributed by atoms with E-state index in [1.54, 1.807) is 0 Å². The molecule has 41 heavy (non-hydrogen) atoms. The molecule has 1 aromatic heterocycles. The van der Waals surface area contributed by atoms with Crippen LogP contribution in [0.25, 0.3) is 0 Å². The van der Waals surface area contributed by atoms with Gasteiger partial charge in [0.15, 0.2) is 5.82 Å². The van der Waals surface area contributed by atoms with Crippen molar-refractivity contribution < 1.29 is 31.4 Å². The molecule has 7 rings (SSSR count). The second-order valence-corrected chi connectivity index (χ2v) is 12.5. The minimum atomic E-state index is -4.80. The number of hydrogen-bond acceptors (Lipinski definition) is 8. The summed E-state index contributed by atoms with van der Waals surface area (Å²) in [5.41, 5.74) is 4.43. The van der Waals surface area contributed by atoms with Gasteiger partial charge in [0.05, 0.1) is 35.2 Å². The van der Waals surface area contributed by atoms with Crippen LogP contribution in [-0.4, -0.2) is 72.5 Å². The lowest BCUT2D eigenvalue weighted by Crippen LogP contribution is -2.71. The Hall–Kier alpha value is -2.77. The van der Waals surface area contributed by atoms with Gasteiger partial charge in [0.2, 0.25) is 0 Å². The first-order valence-electron chi connectivity index (χ1n) is 14.1. The molecule has 0 unspecified atom stereocenters. The fourth-order valence-electron chi connectivity index (χ4n) is 7.53. The highest BCUT2D eigenvalue weighted by Crippen LogP contribution is 2.46. The van der Waals surface area contributed by atoms with Crippen molar-refractivity contribution in [3.8, 4) is 6.01 Å². The van der Waals surface area contributed by atoms with Gasteiger partial charge >= 0.3 is 12.2 Å². The SMILES string of the molecule is Cc1cc(N)c(F)c([C@H]2Cc3nc(OC[C@@]45CCCN4C[C@H](F)C5)nc(N4CC5(CNC5)C4)c3CO2)c1C(F)(F)F. The van der Waals surface area contributed by atoms with E-state index in [2.05, 4.69) is 20.1 Å². The molecule has 4 saturated heterocycles. The summed E-state index contributed by atoms with van der Waals surface area (Å²) < 4.78 is 83.9. The fraction of sp³-hybridized carbons (Fsp3) is 0.643. The van der Waals surface area contributed by atoms with Gasteiger partial charge in [0.1, 0.15) is 18.6 Å². The zero-order chi connectivity index (χ0) is 28.7. The highest BCUT2D eigenvalue weighted by Gasteiger charge is 2.51. The maximum Gasteiger partial charge on any atom is 0.417 e. The minimum absolute atomic E-state index is 0.0802. The van der Waals surface area contributed by atoms with Crippen LogP contribution in [0.1, 0.15) is 53.3 Å². The number of hydrogen-bond donors (Lipinski definition) is 2. The summed E-state index contributed by atoms with van der Waals surface area (Å²) >= 11 is 0. The van der Waals surface area contributed by atoms with E-state index in [4.69, 9.17) is 20.2 Å². The number of nitrogen functional groups attached to an aromatic ring is 1. The van der Waals surface area contributed by atoms with E-state index >= 15 is 4.39 Å². The number of aryl methyl sites for hydroxylation is 1. The molecule has 0 amide bonds. The van der Waals surface area contributed by atoms with Crippen molar-refractivity contribution in [3.05, 3.63) is 39.8 Å². The first kappa shape index (κ1) is 27.1. The fourth-order valence-corrected chi connectivity index (χ4v) is 7.53. The molecule has 1 aromatic carbocycles. The van der Waals surface area contributed by atoms with Gasteiger partial charge in [0.25, 0.3) is 0 Å². The van der Waals surface area contributed by atoms with Crippen LogP contribution < -0.4 is 20.7 Å². The third kappa shape index (κ3) is 4.42. The smallest absolute Gasteiger partial charge is 0.417 e. The number of ether oxygens (including phenoxy) is 2. The molecule has 6 heterocycles. The zero-order valence-corrected chi connectivity index (χ0v) is 22.8. The van der Waals surface area contributed by atoms with Crippen molar-refractivity contribution in [3.63, 3.8) is 0 Å². The largest absolute Gasteiger partial charge is 0.461 e. The Balaban J connectivity index is 1.23. The number of halogens is 5. The van der Waals surface area contributed by atoms with Crippen LogP contribution in [-0.2, 0) is 23.9 Å². The monoisotopic (exact) mass is 580 g/mol. The molecular weight excluding hydrogens is 547 g/mol. The lowest BCUT2D eigenvalue weighted by molar-refractivity contribution is -0.140. The molecular formula is C28H33F5N6O2. The lowest BCUT2D eigenvalue weighted by Gasteiger charge is -2.56. The molecule has 0 bridgehead atoms. The van der Waals surface area contributed by atoms with E-state index in [0.29, 0.717) is 30.0 Å². The third-order valence-electron chi connectivity index (χ3n) is 9.57. The molecule has 222 valence electrons. The number of anilines is 2. The summed E-state index contributed by atoms with van der Waals surface area (Å²) in [6.45, 7) is 5.97. The highest BCUT2D eigenvalue weighted by atomic mass is 19.4. The van der Waals surface area contributed by atoms with Gasteiger partial charge in [-0.2, -0.15) is 23.1 Å². The number of nitrogens with one attached hydrogen (secondary N) is 1. The predicted molar refractivity (Wildman–Crippen MR) is 140 cm³/mol. The number of aromatic nitrogens is 2. The minimum Gasteiger partial charge on any atom is -0.461 e. The topological polar surface area (TPSA) is 88.8 Å². The molecule has 0 saturated carbocycles. The maximum atomic E-state index is 15.3. The zero-order valence-electron chi connectivity index (χ0n) is 22.8. The second-order valence-electron chi connectivity index (χ2n) is 12.5. The van der Waals surface area contributed by atoms with Crippen molar-refractivity contribution in [2.75, 3.05) is 56.5 Å². The Morgan fingerprint density at radius 2 is 2.02 bits per heavy atom. The normalized spacial score (nSPS) is 28.8. The number of fused-ring (bicyclic) bond motifs is 2. The summed E-state index contributed by atoms with van der Waals surface area (Å²) in [7, 11) is 0. The Morgan fingerprint density at radius 1 is 1.24 bits per heavy atom. The van der Waals surface area contributed by atoms with Crippen LogP contribution in [0.15, 0.2) is 6.07 Å². The molecule has 4 fully saturated rings. The Kier molecular flexibility index (Phi) is 6.19. The Morgan fingerprint density at radius 3 is 2.73 bits per heavy atom. The summed E-state index contributed by atoms with van der Waals surface area (Å²) in [5, 5.41) is 3.30. The van der Waals surface area contributed by atoms with Crippen LogP contribution in [0.2, 0.25) is 0 Å². The Labute approximate surface area is 234 Å². The molecule has 2 aromatic rings. The number of benzene rings is 1. The molecule has 3 atom stereocenters. The number of nitrogens with zero attached hydrogens (tertiary/aromatic N) is 4. The van der Waals surface area contributed by atoms with Gasteiger partial charge in [-0.25, -0.2) is 8.78 Å². The predicted octanol–water partition coefficient (Wildman–Crippen LogP) is 3.70. The average Bonchev–Trinajstić information content (AvgIpc) is 3.37. The van der Waals surface area contributed by atoms with E-state index in [0.717, 1.165) is 51.6 Å². The van der Waals surface area contributed by atoms with Crippen LogP contribution in [0.5, 0.6) is 6.01 Å². The summed E-state index contributed by atoms with van der Waals surface area (Å²) in [6.07, 6.45) is -4.90. The van der Waals surface area contributed by atoms with Crippen LogP contribution in [0.3, 0.4) is 0 Å². The van der Waals surface area contributed by atoms with Gasteiger partial charge in [-0.1, -0.05) is 0 Å². The van der Waals surface area contributed by atoms with Crippen molar-refractivity contribution in [1.82, 2.24) is 20.2 Å². The lowest BCUT2D eigenvalue weighted by atomic mass is 9.74. The summed E-state index contributed by atoms with van der Waals surface area (Å²) in [5.74, 6) is -0.511. The standard InChI is InChI=1S/C28H33F5N6O2/c1-15-5-18(34)23(30)21(22(15)28(31,32)33)20-6-19-17(9-40-20)24(38-12-26(13-38)10-35-11-26)37-25(36-19)41-14-27-3-2-4-39(27)8-16(29)7-27/h5,16,20,35H,2-4,6-14,34H2,1H3/t16-,20-,27+/m1/s1. The molecule has 1 spiro atoms. The molecule has 0 aliphatic carbocycles. The number of nitrogens with two attached hydrogens (primary N) is 1.